The van der Waals surface area contributed by atoms with Crippen LogP contribution < -0.4 is 0 Å². The second kappa shape index (κ2) is 7.31. The van der Waals surface area contributed by atoms with Crippen molar-refractivity contribution in [3.05, 3.63) is 70.8 Å². The highest BCUT2D eigenvalue weighted by Crippen LogP contribution is 2.25. The molecule has 0 atom stereocenters. The van der Waals surface area contributed by atoms with Crippen LogP contribution in [0.15, 0.2) is 53.5 Å². The first-order chi connectivity index (χ1) is 11.9. The molecule has 1 fully saturated rings. The Kier molecular flexibility index (Phi) is 4.75. The van der Waals surface area contributed by atoms with Gasteiger partial charge in [0, 0.05) is 17.7 Å². The molecule has 2 heteroatoms. The number of piperidine rings is 1. The van der Waals surface area contributed by atoms with Crippen LogP contribution in [0.3, 0.4) is 0 Å². The van der Waals surface area contributed by atoms with Crippen molar-refractivity contribution in [3.63, 3.8) is 0 Å². The number of aliphatic imine (C=N–C) groups is 1. The minimum absolute atomic E-state index is 0.901. The molecule has 0 amide bonds. The predicted octanol–water partition coefficient (Wildman–Crippen LogP) is 4.11. The molecule has 124 valence electrons. The Labute approximate surface area is 145 Å². The van der Waals surface area contributed by atoms with Gasteiger partial charge in [0.1, 0.15) is 0 Å². The number of hydrogen-bond donors (Lipinski definition) is 0. The van der Waals surface area contributed by atoms with Gasteiger partial charge in [-0.3, -0.25) is 4.99 Å². The van der Waals surface area contributed by atoms with E-state index >= 15 is 0 Å². The summed E-state index contributed by atoms with van der Waals surface area (Å²) in [7, 11) is 0. The van der Waals surface area contributed by atoms with E-state index in [0.29, 0.717) is 0 Å². The molecule has 1 aliphatic heterocycles. The first-order valence-corrected chi connectivity index (χ1v) is 9.35. The third-order valence-electron chi connectivity index (χ3n) is 5.34. The van der Waals surface area contributed by atoms with Crippen molar-refractivity contribution in [2.75, 3.05) is 26.2 Å². The highest BCUT2D eigenvalue weighted by Gasteiger charge is 2.18. The fourth-order valence-corrected chi connectivity index (χ4v) is 4.01. The van der Waals surface area contributed by atoms with Crippen LogP contribution in [0.2, 0.25) is 0 Å². The monoisotopic (exact) mass is 318 g/mol. The van der Waals surface area contributed by atoms with Crippen LogP contribution in [0.25, 0.3) is 0 Å². The minimum atomic E-state index is 0.901. The number of rotatable bonds is 3. The van der Waals surface area contributed by atoms with Crippen LogP contribution in [0.4, 0.5) is 0 Å². The molecule has 0 unspecified atom stereocenters. The SMILES string of the molecule is c1ccc2c(c1)CCc1ccccc1C2=NCCN1CCCCC1. The van der Waals surface area contributed by atoms with Crippen LogP contribution in [0, 0.1) is 0 Å². The van der Waals surface area contributed by atoms with Gasteiger partial charge in [-0.05, 0) is 49.9 Å². The van der Waals surface area contributed by atoms with Gasteiger partial charge in [-0.1, -0.05) is 55.0 Å². The number of nitrogens with zero attached hydrogens (tertiary/aromatic N) is 2. The van der Waals surface area contributed by atoms with E-state index < -0.39 is 0 Å². The summed E-state index contributed by atoms with van der Waals surface area (Å²) in [5, 5.41) is 0. The lowest BCUT2D eigenvalue weighted by Crippen LogP contribution is -2.32. The number of likely N-dealkylation sites (tertiary alicyclic amines) is 1. The average molecular weight is 318 g/mol. The van der Waals surface area contributed by atoms with E-state index in [9.17, 15) is 0 Å². The zero-order chi connectivity index (χ0) is 16.2. The maximum atomic E-state index is 5.09. The molecule has 0 bridgehead atoms. The molecule has 0 aromatic heterocycles. The van der Waals surface area contributed by atoms with Gasteiger partial charge in [-0.25, -0.2) is 0 Å². The molecule has 0 radical (unpaired) electrons. The Balaban J connectivity index is 1.63. The van der Waals surface area contributed by atoms with Crippen molar-refractivity contribution in [1.82, 2.24) is 4.90 Å². The van der Waals surface area contributed by atoms with Crippen molar-refractivity contribution in [1.29, 1.82) is 0 Å². The van der Waals surface area contributed by atoms with E-state index in [1.165, 1.54) is 60.3 Å². The topological polar surface area (TPSA) is 15.6 Å². The van der Waals surface area contributed by atoms with E-state index in [1.54, 1.807) is 0 Å². The summed E-state index contributed by atoms with van der Waals surface area (Å²) in [6.07, 6.45) is 6.31. The lowest BCUT2D eigenvalue weighted by atomic mass is 9.98. The molecule has 24 heavy (non-hydrogen) atoms. The molecule has 2 aromatic rings. The van der Waals surface area contributed by atoms with Gasteiger partial charge in [0.15, 0.2) is 0 Å². The third kappa shape index (κ3) is 3.29. The van der Waals surface area contributed by atoms with Crippen molar-refractivity contribution < 1.29 is 0 Å². The number of benzene rings is 2. The molecule has 1 aliphatic carbocycles. The van der Waals surface area contributed by atoms with E-state index in [1.807, 2.05) is 0 Å². The average Bonchev–Trinajstić information content (AvgIpc) is 2.80. The summed E-state index contributed by atoms with van der Waals surface area (Å²) in [5.41, 5.74) is 6.74. The van der Waals surface area contributed by atoms with E-state index in [4.69, 9.17) is 4.99 Å². The van der Waals surface area contributed by atoms with Crippen molar-refractivity contribution in [2.24, 2.45) is 4.99 Å². The second-order valence-electron chi connectivity index (χ2n) is 6.95. The molecule has 1 heterocycles. The quantitative estimate of drug-likeness (QED) is 0.831. The van der Waals surface area contributed by atoms with Crippen LogP contribution in [0.1, 0.15) is 41.5 Å². The first-order valence-electron chi connectivity index (χ1n) is 9.35. The molecular weight excluding hydrogens is 292 g/mol. The van der Waals surface area contributed by atoms with Crippen molar-refractivity contribution in [3.8, 4) is 0 Å². The zero-order valence-electron chi connectivity index (χ0n) is 14.4. The van der Waals surface area contributed by atoms with Crippen molar-refractivity contribution >= 4 is 5.71 Å². The summed E-state index contributed by atoms with van der Waals surface area (Å²) < 4.78 is 0. The summed E-state index contributed by atoms with van der Waals surface area (Å²) in [6, 6.07) is 17.6. The molecule has 2 nitrogen and oxygen atoms in total. The maximum Gasteiger partial charge on any atom is 0.0725 e. The van der Waals surface area contributed by atoms with Gasteiger partial charge in [-0.2, -0.15) is 0 Å². The zero-order valence-corrected chi connectivity index (χ0v) is 14.4. The largest absolute Gasteiger partial charge is 0.301 e. The van der Waals surface area contributed by atoms with Crippen LogP contribution in [-0.4, -0.2) is 36.8 Å². The Morgan fingerprint density at radius 3 is 1.96 bits per heavy atom. The Hall–Kier alpha value is -1.93. The van der Waals surface area contributed by atoms with Gasteiger partial charge >= 0.3 is 0 Å². The van der Waals surface area contributed by atoms with E-state index in [-0.39, 0.29) is 0 Å². The molecule has 2 aliphatic rings. The van der Waals surface area contributed by atoms with Gasteiger partial charge in [0.05, 0.1) is 12.3 Å². The maximum absolute atomic E-state index is 5.09. The fraction of sp³-hybridized carbons (Fsp3) is 0.409. The summed E-state index contributed by atoms with van der Waals surface area (Å²) in [5.74, 6) is 0. The minimum Gasteiger partial charge on any atom is -0.301 e. The highest BCUT2D eigenvalue weighted by atomic mass is 15.1. The molecule has 0 spiro atoms. The number of hydrogen-bond acceptors (Lipinski definition) is 2. The highest BCUT2D eigenvalue weighted by molar-refractivity contribution is 6.15. The Bertz CT molecular complexity index is 677. The van der Waals surface area contributed by atoms with Crippen LogP contribution in [-0.2, 0) is 12.8 Å². The van der Waals surface area contributed by atoms with Crippen LogP contribution in [0.5, 0.6) is 0 Å². The summed E-state index contributed by atoms with van der Waals surface area (Å²) >= 11 is 0. The number of fused-ring (bicyclic) bond motifs is 2. The van der Waals surface area contributed by atoms with Gasteiger partial charge in [-0.15, -0.1) is 0 Å². The lowest BCUT2D eigenvalue weighted by Gasteiger charge is -2.25. The molecule has 0 saturated carbocycles. The van der Waals surface area contributed by atoms with Crippen molar-refractivity contribution in [2.45, 2.75) is 32.1 Å². The third-order valence-corrected chi connectivity index (χ3v) is 5.34. The van der Waals surface area contributed by atoms with E-state index in [2.05, 4.69) is 53.4 Å². The van der Waals surface area contributed by atoms with E-state index in [0.717, 1.165) is 25.9 Å². The molecule has 4 rings (SSSR count). The predicted molar refractivity (Wildman–Crippen MR) is 101 cm³/mol. The normalized spacial score (nSPS) is 17.8. The Morgan fingerprint density at radius 1 is 0.750 bits per heavy atom. The van der Waals surface area contributed by atoms with Gasteiger partial charge in [0.25, 0.3) is 0 Å². The summed E-state index contributed by atoms with van der Waals surface area (Å²) in [4.78, 5) is 7.67. The van der Waals surface area contributed by atoms with Gasteiger partial charge < -0.3 is 4.90 Å². The first kappa shape index (κ1) is 15.6. The molecule has 1 saturated heterocycles. The summed E-state index contributed by atoms with van der Waals surface area (Å²) in [6.45, 7) is 4.49. The lowest BCUT2D eigenvalue weighted by molar-refractivity contribution is 0.235. The molecule has 2 aromatic carbocycles. The molecule has 0 N–H and O–H groups in total. The smallest absolute Gasteiger partial charge is 0.0725 e. The second-order valence-corrected chi connectivity index (χ2v) is 6.95. The standard InChI is InChI=1S/C22H26N2/c1-6-15-24(16-7-1)17-14-23-22-20-10-4-2-8-18(20)12-13-19-9-3-5-11-21(19)22/h2-5,8-11H,1,6-7,12-17H2. The molecular formula is C22H26N2. The Morgan fingerprint density at radius 2 is 1.33 bits per heavy atom. The number of aryl methyl sites for hydroxylation is 2. The van der Waals surface area contributed by atoms with Crippen LogP contribution >= 0.6 is 0 Å². The fourth-order valence-electron chi connectivity index (χ4n) is 4.01. The van der Waals surface area contributed by atoms with Gasteiger partial charge in [0.2, 0.25) is 0 Å².